The average Bonchev–Trinajstić information content (AvgIpc) is 2.99. The van der Waals surface area contributed by atoms with Gasteiger partial charge < -0.3 is 10.7 Å². The standard InChI is InChI=1S/C20H22N4O/c1-23-10-7-14(8-11-23)17-13-24(21)19-6-5-15(12-16(17)19)20(25)18-4-2-3-9-22-18/h2-6,9,12-14H,7-8,10-11,21H2,1H3. The zero-order valence-corrected chi connectivity index (χ0v) is 14.4. The lowest BCUT2D eigenvalue weighted by molar-refractivity contribution is 0.103. The van der Waals surface area contributed by atoms with Crippen LogP contribution in [0.25, 0.3) is 10.9 Å². The average molecular weight is 334 g/mol. The number of fused-ring (bicyclic) bond motifs is 1. The normalized spacial score (nSPS) is 16.4. The Bertz CT molecular complexity index is 908. The molecule has 0 radical (unpaired) electrons. The fourth-order valence-corrected chi connectivity index (χ4v) is 3.71. The predicted molar refractivity (Wildman–Crippen MR) is 99.2 cm³/mol. The summed E-state index contributed by atoms with van der Waals surface area (Å²) in [5, 5.41) is 1.08. The summed E-state index contributed by atoms with van der Waals surface area (Å²) in [6.07, 6.45) is 5.91. The second-order valence-electron chi connectivity index (χ2n) is 6.85. The Hall–Kier alpha value is -2.66. The minimum absolute atomic E-state index is 0.0541. The van der Waals surface area contributed by atoms with Gasteiger partial charge in [-0.25, -0.2) is 0 Å². The number of likely N-dealkylation sites (tertiary alicyclic amines) is 1. The lowest BCUT2D eigenvalue weighted by Gasteiger charge is -2.28. The molecule has 1 aromatic carbocycles. The molecule has 0 bridgehead atoms. The number of ketones is 1. The SMILES string of the molecule is CN1CCC(c2cn(N)c3ccc(C(=O)c4ccccn4)cc23)CC1. The summed E-state index contributed by atoms with van der Waals surface area (Å²) in [6.45, 7) is 2.18. The first-order valence-corrected chi connectivity index (χ1v) is 8.68. The molecule has 1 saturated heterocycles. The molecule has 2 aromatic heterocycles. The van der Waals surface area contributed by atoms with Gasteiger partial charge in [0.25, 0.3) is 0 Å². The molecule has 0 amide bonds. The number of carbonyl (C=O) groups is 1. The Morgan fingerprint density at radius 1 is 1.20 bits per heavy atom. The van der Waals surface area contributed by atoms with E-state index < -0.39 is 0 Å². The number of nitrogens with two attached hydrogens (primary N) is 1. The molecule has 5 heteroatoms. The number of pyridine rings is 1. The van der Waals surface area contributed by atoms with Crippen LogP contribution in [0.1, 0.15) is 40.4 Å². The van der Waals surface area contributed by atoms with Crippen molar-refractivity contribution in [2.24, 2.45) is 0 Å². The molecule has 5 nitrogen and oxygen atoms in total. The first-order chi connectivity index (χ1) is 12.1. The van der Waals surface area contributed by atoms with Crippen LogP contribution in [0, 0.1) is 0 Å². The molecule has 0 atom stereocenters. The highest BCUT2D eigenvalue weighted by Crippen LogP contribution is 2.34. The van der Waals surface area contributed by atoms with Crippen LogP contribution in [0.3, 0.4) is 0 Å². The molecule has 1 aliphatic rings. The van der Waals surface area contributed by atoms with Gasteiger partial charge in [-0.1, -0.05) is 6.07 Å². The molecule has 1 fully saturated rings. The molecule has 128 valence electrons. The Labute approximate surface area is 147 Å². The number of aromatic nitrogens is 2. The van der Waals surface area contributed by atoms with Crippen molar-refractivity contribution in [3.8, 4) is 0 Å². The molecule has 4 rings (SSSR count). The van der Waals surface area contributed by atoms with Crippen molar-refractivity contribution < 1.29 is 4.79 Å². The summed E-state index contributed by atoms with van der Waals surface area (Å²) in [5.74, 6) is 6.59. The molecule has 3 heterocycles. The zero-order chi connectivity index (χ0) is 17.4. The van der Waals surface area contributed by atoms with Gasteiger partial charge in [0.1, 0.15) is 5.69 Å². The van der Waals surface area contributed by atoms with Gasteiger partial charge in [0.2, 0.25) is 5.78 Å². The number of nitrogen functional groups attached to an aromatic ring is 1. The van der Waals surface area contributed by atoms with E-state index in [1.165, 1.54) is 5.56 Å². The van der Waals surface area contributed by atoms with E-state index in [0.717, 1.165) is 36.8 Å². The van der Waals surface area contributed by atoms with Gasteiger partial charge in [-0.2, -0.15) is 0 Å². The summed E-state index contributed by atoms with van der Waals surface area (Å²) in [5.41, 5.74) is 3.34. The number of carbonyl (C=O) groups excluding carboxylic acids is 1. The third-order valence-electron chi connectivity index (χ3n) is 5.18. The number of nitrogens with zero attached hydrogens (tertiary/aromatic N) is 3. The number of hydrogen-bond acceptors (Lipinski definition) is 4. The van der Waals surface area contributed by atoms with Crippen molar-refractivity contribution in [2.45, 2.75) is 18.8 Å². The van der Waals surface area contributed by atoms with E-state index in [4.69, 9.17) is 5.84 Å². The molecule has 0 aliphatic carbocycles. The Morgan fingerprint density at radius 2 is 2.00 bits per heavy atom. The monoisotopic (exact) mass is 334 g/mol. The van der Waals surface area contributed by atoms with Gasteiger partial charge in [0.05, 0.1) is 5.52 Å². The largest absolute Gasteiger partial charge is 0.339 e. The van der Waals surface area contributed by atoms with Crippen LogP contribution >= 0.6 is 0 Å². The van der Waals surface area contributed by atoms with Gasteiger partial charge >= 0.3 is 0 Å². The topological polar surface area (TPSA) is 64.2 Å². The van der Waals surface area contributed by atoms with E-state index in [2.05, 4.69) is 16.9 Å². The van der Waals surface area contributed by atoms with E-state index in [-0.39, 0.29) is 5.78 Å². The Morgan fingerprint density at radius 3 is 2.72 bits per heavy atom. The fourth-order valence-electron chi connectivity index (χ4n) is 3.71. The minimum atomic E-state index is -0.0541. The van der Waals surface area contributed by atoms with Crippen molar-refractivity contribution in [1.29, 1.82) is 0 Å². The van der Waals surface area contributed by atoms with E-state index in [9.17, 15) is 4.79 Å². The Kier molecular flexibility index (Phi) is 4.01. The van der Waals surface area contributed by atoms with Crippen LogP contribution in [-0.2, 0) is 0 Å². The molecular formula is C20H22N4O. The van der Waals surface area contributed by atoms with E-state index >= 15 is 0 Å². The summed E-state index contributed by atoms with van der Waals surface area (Å²) < 4.78 is 1.68. The maximum absolute atomic E-state index is 12.7. The predicted octanol–water partition coefficient (Wildman–Crippen LogP) is 2.79. The fraction of sp³-hybridized carbons (Fsp3) is 0.300. The first kappa shape index (κ1) is 15.8. The summed E-state index contributed by atoms with van der Waals surface area (Å²) in [6, 6.07) is 11.1. The van der Waals surface area contributed by atoms with Crippen molar-refractivity contribution in [1.82, 2.24) is 14.6 Å². The number of rotatable bonds is 3. The van der Waals surface area contributed by atoms with E-state index in [0.29, 0.717) is 17.2 Å². The molecule has 0 unspecified atom stereocenters. The molecule has 3 aromatic rings. The maximum Gasteiger partial charge on any atom is 0.211 e. The zero-order valence-electron chi connectivity index (χ0n) is 14.4. The quantitative estimate of drug-likeness (QED) is 0.591. The van der Waals surface area contributed by atoms with Crippen LogP contribution < -0.4 is 5.84 Å². The van der Waals surface area contributed by atoms with E-state index in [1.807, 2.05) is 36.5 Å². The second-order valence-corrected chi connectivity index (χ2v) is 6.85. The minimum Gasteiger partial charge on any atom is -0.339 e. The van der Waals surface area contributed by atoms with Crippen LogP contribution in [0.15, 0.2) is 48.8 Å². The van der Waals surface area contributed by atoms with Gasteiger partial charge in [0.15, 0.2) is 0 Å². The van der Waals surface area contributed by atoms with E-state index in [1.54, 1.807) is 16.9 Å². The lowest BCUT2D eigenvalue weighted by atomic mass is 9.89. The summed E-state index contributed by atoms with van der Waals surface area (Å²) >= 11 is 0. The number of piperidine rings is 1. The highest BCUT2D eigenvalue weighted by molar-refractivity contribution is 6.09. The van der Waals surface area contributed by atoms with Crippen LogP contribution in [0.2, 0.25) is 0 Å². The van der Waals surface area contributed by atoms with Crippen molar-refractivity contribution in [3.05, 3.63) is 65.6 Å². The number of benzene rings is 1. The van der Waals surface area contributed by atoms with Gasteiger partial charge in [-0.15, -0.1) is 0 Å². The van der Waals surface area contributed by atoms with Crippen molar-refractivity contribution in [2.75, 3.05) is 26.0 Å². The lowest BCUT2D eigenvalue weighted by Crippen LogP contribution is -2.29. The number of hydrogen-bond donors (Lipinski definition) is 1. The summed E-state index contributed by atoms with van der Waals surface area (Å²) in [4.78, 5) is 19.3. The van der Waals surface area contributed by atoms with Gasteiger partial charge in [-0.3, -0.25) is 14.5 Å². The van der Waals surface area contributed by atoms with Gasteiger partial charge in [0, 0.05) is 23.3 Å². The van der Waals surface area contributed by atoms with Crippen LogP contribution in [0.5, 0.6) is 0 Å². The third-order valence-corrected chi connectivity index (χ3v) is 5.18. The van der Waals surface area contributed by atoms with Crippen molar-refractivity contribution >= 4 is 16.7 Å². The maximum atomic E-state index is 12.7. The molecule has 0 spiro atoms. The van der Waals surface area contributed by atoms with Crippen molar-refractivity contribution in [3.63, 3.8) is 0 Å². The molecule has 25 heavy (non-hydrogen) atoms. The smallest absolute Gasteiger partial charge is 0.211 e. The van der Waals surface area contributed by atoms with Crippen LogP contribution in [-0.4, -0.2) is 40.5 Å². The molecule has 1 aliphatic heterocycles. The van der Waals surface area contributed by atoms with Gasteiger partial charge in [-0.05, 0) is 74.8 Å². The molecule has 0 saturated carbocycles. The highest BCUT2D eigenvalue weighted by Gasteiger charge is 2.23. The highest BCUT2D eigenvalue weighted by atomic mass is 16.1. The third kappa shape index (κ3) is 2.91. The molecular weight excluding hydrogens is 312 g/mol. The van der Waals surface area contributed by atoms with Crippen LogP contribution in [0.4, 0.5) is 0 Å². The first-order valence-electron chi connectivity index (χ1n) is 8.68. The molecule has 2 N–H and O–H groups in total. The Balaban J connectivity index is 1.74. The summed E-state index contributed by atoms with van der Waals surface area (Å²) in [7, 11) is 2.16. The second kappa shape index (κ2) is 6.33.